The summed E-state index contributed by atoms with van der Waals surface area (Å²) in [5.74, 6) is 0.129. The molecule has 1 N–H and O–H groups in total. The van der Waals surface area contributed by atoms with Crippen LogP contribution in [0.4, 0.5) is 5.69 Å². The molecule has 1 aliphatic rings. The van der Waals surface area contributed by atoms with Gasteiger partial charge in [-0.2, -0.15) is 4.31 Å². The van der Waals surface area contributed by atoms with Crippen LogP contribution in [0.3, 0.4) is 0 Å². The molecule has 0 atom stereocenters. The number of nitrogens with one attached hydrogen (secondary N) is 1. The van der Waals surface area contributed by atoms with Crippen molar-refractivity contribution >= 4 is 33.4 Å². The number of piperidine rings is 1. The Morgan fingerprint density at radius 3 is 2.40 bits per heavy atom. The van der Waals surface area contributed by atoms with Gasteiger partial charge in [0.25, 0.3) is 0 Å². The lowest BCUT2D eigenvalue weighted by molar-refractivity contribution is -0.118. The van der Waals surface area contributed by atoms with E-state index in [1.807, 2.05) is 43.3 Å². The average molecular weight is 449 g/mol. The summed E-state index contributed by atoms with van der Waals surface area (Å²) in [6, 6.07) is 11.2. The van der Waals surface area contributed by atoms with Gasteiger partial charge in [0.05, 0.1) is 10.8 Å². The molecule has 0 spiro atoms. The minimum Gasteiger partial charge on any atom is -0.378 e. The van der Waals surface area contributed by atoms with Crippen LogP contribution in [0.2, 0.25) is 0 Å². The number of aromatic nitrogens is 1. The van der Waals surface area contributed by atoms with Crippen molar-refractivity contribution in [3.05, 3.63) is 48.2 Å². The van der Waals surface area contributed by atoms with Crippen molar-refractivity contribution in [1.29, 1.82) is 0 Å². The largest absolute Gasteiger partial charge is 0.378 e. The van der Waals surface area contributed by atoms with E-state index in [2.05, 4.69) is 10.3 Å². The van der Waals surface area contributed by atoms with Gasteiger partial charge in [-0.1, -0.05) is 30.3 Å². The molecular formula is C21H28N4O3S2. The summed E-state index contributed by atoms with van der Waals surface area (Å²) in [6.07, 6.45) is 4.25. The van der Waals surface area contributed by atoms with Gasteiger partial charge in [-0.15, -0.1) is 0 Å². The third-order valence-corrected chi connectivity index (χ3v) is 7.78. The molecule has 0 radical (unpaired) electrons. The number of hydrogen-bond acceptors (Lipinski definition) is 6. The first-order valence-electron chi connectivity index (χ1n) is 9.98. The fraction of sp³-hybridized carbons (Fsp3) is 0.429. The van der Waals surface area contributed by atoms with E-state index in [4.69, 9.17) is 0 Å². The van der Waals surface area contributed by atoms with Gasteiger partial charge in [-0.25, -0.2) is 13.4 Å². The molecule has 0 saturated carbocycles. The lowest BCUT2D eigenvalue weighted by atomic mass is 10.2. The van der Waals surface area contributed by atoms with Crippen molar-refractivity contribution in [1.82, 2.24) is 14.6 Å². The second kappa shape index (κ2) is 10.3. The minimum atomic E-state index is -3.48. The first-order valence-corrected chi connectivity index (χ1v) is 12.4. The van der Waals surface area contributed by atoms with Crippen molar-refractivity contribution in [3.8, 4) is 0 Å². The lowest BCUT2D eigenvalue weighted by Gasteiger charge is -2.25. The lowest BCUT2D eigenvalue weighted by Crippen LogP contribution is -2.35. The van der Waals surface area contributed by atoms with Crippen LogP contribution in [0.25, 0.3) is 0 Å². The van der Waals surface area contributed by atoms with Crippen LogP contribution in [0.5, 0.6) is 0 Å². The zero-order valence-electron chi connectivity index (χ0n) is 17.4. The van der Waals surface area contributed by atoms with Gasteiger partial charge >= 0.3 is 0 Å². The SMILES string of the molecule is CN(C)c1ccc(CNC(=O)CSc2ccc(S(=O)(=O)N3CCCCC3)cn2)cc1. The highest BCUT2D eigenvalue weighted by Gasteiger charge is 2.26. The Labute approximate surface area is 182 Å². The minimum absolute atomic E-state index is 0.0940. The Morgan fingerprint density at radius 1 is 1.10 bits per heavy atom. The van der Waals surface area contributed by atoms with Gasteiger partial charge in [0.2, 0.25) is 15.9 Å². The Hall–Kier alpha value is -2.10. The van der Waals surface area contributed by atoms with Crippen molar-refractivity contribution in [2.24, 2.45) is 0 Å². The smallest absolute Gasteiger partial charge is 0.244 e. The molecule has 162 valence electrons. The normalized spacial score (nSPS) is 15.0. The molecule has 1 aromatic heterocycles. The van der Waals surface area contributed by atoms with E-state index in [1.165, 1.54) is 22.3 Å². The molecule has 1 aliphatic heterocycles. The van der Waals surface area contributed by atoms with Gasteiger partial charge < -0.3 is 10.2 Å². The van der Waals surface area contributed by atoms with Gasteiger partial charge in [-0.3, -0.25) is 4.79 Å². The van der Waals surface area contributed by atoms with Gasteiger partial charge in [0, 0.05) is 45.6 Å². The summed E-state index contributed by atoms with van der Waals surface area (Å²) in [7, 11) is 0.489. The third-order valence-electron chi connectivity index (χ3n) is 4.96. The molecule has 9 heteroatoms. The second-order valence-electron chi connectivity index (χ2n) is 7.42. The number of carbonyl (C=O) groups excluding carboxylic acids is 1. The fourth-order valence-corrected chi connectivity index (χ4v) is 5.30. The maximum atomic E-state index is 12.7. The zero-order valence-corrected chi connectivity index (χ0v) is 19.0. The maximum Gasteiger partial charge on any atom is 0.244 e. The van der Waals surface area contributed by atoms with E-state index >= 15 is 0 Å². The van der Waals surface area contributed by atoms with Gasteiger partial charge in [-0.05, 0) is 42.7 Å². The number of nitrogens with zero attached hydrogens (tertiary/aromatic N) is 3. The van der Waals surface area contributed by atoms with E-state index in [-0.39, 0.29) is 16.6 Å². The van der Waals surface area contributed by atoms with Crippen LogP contribution in [0.15, 0.2) is 52.5 Å². The van der Waals surface area contributed by atoms with Crippen LogP contribution in [-0.2, 0) is 21.4 Å². The molecular weight excluding hydrogens is 420 g/mol. The molecule has 1 aromatic carbocycles. The number of carbonyl (C=O) groups is 1. The maximum absolute atomic E-state index is 12.7. The summed E-state index contributed by atoms with van der Waals surface area (Å²) in [5.41, 5.74) is 2.14. The van der Waals surface area contributed by atoms with E-state index in [1.54, 1.807) is 12.1 Å². The molecule has 0 aliphatic carbocycles. The number of thioether (sulfide) groups is 1. The summed E-state index contributed by atoms with van der Waals surface area (Å²) < 4.78 is 26.8. The number of pyridine rings is 1. The van der Waals surface area contributed by atoms with Crippen LogP contribution < -0.4 is 10.2 Å². The Morgan fingerprint density at radius 2 is 1.80 bits per heavy atom. The first kappa shape index (κ1) is 22.6. The van der Waals surface area contributed by atoms with Crippen molar-refractivity contribution in [2.75, 3.05) is 37.8 Å². The molecule has 2 heterocycles. The van der Waals surface area contributed by atoms with Crippen LogP contribution in [-0.4, -0.2) is 56.6 Å². The third kappa shape index (κ3) is 5.96. The highest BCUT2D eigenvalue weighted by molar-refractivity contribution is 7.99. The summed E-state index contributed by atoms with van der Waals surface area (Å²) >= 11 is 1.29. The Kier molecular flexibility index (Phi) is 7.74. The molecule has 0 unspecified atom stereocenters. The number of amides is 1. The molecule has 3 rings (SSSR count). The molecule has 1 fully saturated rings. The first-order chi connectivity index (χ1) is 14.4. The number of sulfonamides is 1. The van der Waals surface area contributed by atoms with Crippen molar-refractivity contribution in [3.63, 3.8) is 0 Å². The number of anilines is 1. The number of hydrogen-bond donors (Lipinski definition) is 1. The molecule has 1 saturated heterocycles. The number of rotatable bonds is 8. The molecule has 7 nitrogen and oxygen atoms in total. The predicted molar refractivity (Wildman–Crippen MR) is 120 cm³/mol. The summed E-state index contributed by atoms with van der Waals surface area (Å²) in [5, 5.41) is 3.52. The van der Waals surface area contributed by atoms with E-state index in [0.29, 0.717) is 24.7 Å². The monoisotopic (exact) mass is 448 g/mol. The highest BCUT2D eigenvalue weighted by atomic mass is 32.2. The number of benzene rings is 1. The Balaban J connectivity index is 1.48. The average Bonchev–Trinajstić information content (AvgIpc) is 2.77. The van der Waals surface area contributed by atoms with E-state index in [9.17, 15) is 13.2 Å². The molecule has 2 aromatic rings. The second-order valence-corrected chi connectivity index (χ2v) is 10.4. The zero-order chi connectivity index (χ0) is 21.6. The van der Waals surface area contributed by atoms with Crippen LogP contribution in [0.1, 0.15) is 24.8 Å². The summed E-state index contributed by atoms with van der Waals surface area (Å²) in [6.45, 7) is 1.60. The van der Waals surface area contributed by atoms with Crippen LogP contribution >= 0.6 is 11.8 Å². The molecule has 0 bridgehead atoms. The topological polar surface area (TPSA) is 82.6 Å². The van der Waals surface area contributed by atoms with Crippen molar-refractivity contribution < 1.29 is 13.2 Å². The highest BCUT2D eigenvalue weighted by Crippen LogP contribution is 2.22. The quantitative estimate of drug-likeness (QED) is 0.626. The molecule has 30 heavy (non-hydrogen) atoms. The van der Waals surface area contributed by atoms with Crippen LogP contribution in [0, 0.1) is 0 Å². The predicted octanol–water partition coefficient (Wildman–Crippen LogP) is 2.73. The molecule has 1 amide bonds. The Bertz CT molecular complexity index is 939. The van der Waals surface area contributed by atoms with E-state index in [0.717, 1.165) is 30.5 Å². The van der Waals surface area contributed by atoms with E-state index < -0.39 is 10.0 Å². The summed E-state index contributed by atoms with van der Waals surface area (Å²) in [4.78, 5) is 18.6. The standard InChI is InChI=1S/C21H28N4O3S2/c1-24(2)18-8-6-17(7-9-18)14-22-20(26)16-29-21-11-10-19(15-23-21)30(27,28)25-12-4-3-5-13-25/h6-11,15H,3-5,12-14,16H2,1-2H3,(H,22,26). The van der Waals surface area contributed by atoms with Gasteiger partial charge in [0.1, 0.15) is 4.90 Å². The van der Waals surface area contributed by atoms with Gasteiger partial charge in [0.15, 0.2) is 0 Å². The van der Waals surface area contributed by atoms with Crippen molar-refractivity contribution in [2.45, 2.75) is 35.7 Å². The fourth-order valence-electron chi connectivity index (χ4n) is 3.16.